The van der Waals surface area contributed by atoms with E-state index in [1.807, 2.05) is 34.6 Å². The fourth-order valence-electron chi connectivity index (χ4n) is 3.18. The molecule has 0 saturated heterocycles. The van der Waals surface area contributed by atoms with Crippen molar-refractivity contribution in [2.45, 2.75) is 66.8 Å². The standard InChI is InChI=1S/C16H29NO3/c1-10-12(17-13(18)9-15(2,3)4)8-7-11(14(19)20)16(10,5)6/h10-12H,7-9H2,1-6H3,(H,17,18)(H,19,20). The highest BCUT2D eigenvalue weighted by Gasteiger charge is 2.46. The lowest BCUT2D eigenvalue weighted by Gasteiger charge is -2.46. The number of amides is 1. The summed E-state index contributed by atoms with van der Waals surface area (Å²) in [6, 6.07) is 0.0791. The number of carbonyl (C=O) groups excluding carboxylic acids is 1. The summed E-state index contributed by atoms with van der Waals surface area (Å²) in [5.41, 5.74) is -0.329. The molecule has 4 nitrogen and oxygen atoms in total. The van der Waals surface area contributed by atoms with E-state index >= 15 is 0 Å². The number of carboxylic acids is 1. The van der Waals surface area contributed by atoms with Crippen molar-refractivity contribution in [2.24, 2.45) is 22.7 Å². The number of carbonyl (C=O) groups is 2. The molecule has 1 fully saturated rings. The number of aliphatic carboxylic acids is 1. The van der Waals surface area contributed by atoms with Crippen LogP contribution in [0.15, 0.2) is 0 Å². The number of hydrogen-bond donors (Lipinski definition) is 2. The predicted octanol–water partition coefficient (Wildman–Crippen LogP) is 3.06. The van der Waals surface area contributed by atoms with Crippen molar-refractivity contribution in [3.8, 4) is 0 Å². The highest BCUT2D eigenvalue weighted by atomic mass is 16.4. The highest BCUT2D eigenvalue weighted by Crippen LogP contribution is 2.45. The van der Waals surface area contributed by atoms with E-state index in [1.54, 1.807) is 0 Å². The summed E-state index contributed by atoms with van der Waals surface area (Å²) < 4.78 is 0. The van der Waals surface area contributed by atoms with Crippen LogP contribution in [0.1, 0.15) is 60.8 Å². The van der Waals surface area contributed by atoms with Crippen LogP contribution in [-0.2, 0) is 9.59 Å². The molecular formula is C16H29NO3. The number of carboxylic acid groups (broad SMARTS) is 1. The smallest absolute Gasteiger partial charge is 0.307 e. The molecule has 1 aliphatic carbocycles. The van der Waals surface area contributed by atoms with Gasteiger partial charge in [0.2, 0.25) is 5.91 Å². The van der Waals surface area contributed by atoms with Gasteiger partial charge in [-0.1, -0.05) is 41.5 Å². The summed E-state index contributed by atoms with van der Waals surface area (Å²) in [5, 5.41) is 12.4. The van der Waals surface area contributed by atoms with Gasteiger partial charge in [-0.25, -0.2) is 0 Å². The van der Waals surface area contributed by atoms with E-state index in [2.05, 4.69) is 12.2 Å². The van der Waals surface area contributed by atoms with E-state index in [0.717, 1.165) is 6.42 Å². The second kappa shape index (κ2) is 5.74. The maximum atomic E-state index is 12.1. The minimum absolute atomic E-state index is 0.0267. The van der Waals surface area contributed by atoms with Crippen molar-refractivity contribution < 1.29 is 14.7 Å². The topological polar surface area (TPSA) is 66.4 Å². The first-order valence-corrected chi connectivity index (χ1v) is 7.47. The van der Waals surface area contributed by atoms with Crippen molar-refractivity contribution >= 4 is 11.9 Å². The van der Waals surface area contributed by atoms with Crippen LogP contribution in [-0.4, -0.2) is 23.0 Å². The quantitative estimate of drug-likeness (QED) is 0.836. The third-order valence-electron chi connectivity index (χ3n) is 4.78. The van der Waals surface area contributed by atoms with Crippen molar-refractivity contribution in [2.75, 3.05) is 0 Å². The van der Waals surface area contributed by atoms with Crippen LogP contribution >= 0.6 is 0 Å². The first-order chi connectivity index (χ1) is 8.95. The van der Waals surface area contributed by atoms with Gasteiger partial charge < -0.3 is 10.4 Å². The third-order valence-corrected chi connectivity index (χ3v) is 4.78. The van der Waals surface area contributed by atoms with Crippen molar-refractivity contribution in [3.05, 3.63) is 0 Å². The van der Waals surface area contributed by atoms with Crippen LogP contribution in [0.25, 0.3) is 0 Å². The van der Waals surface area contributed by atoms with Gasteiger partial charge in [-0.15, -0.1) is 0 Å². The summed E-state index contributed by atoms with van der Waals surface area (Å²) >= 11 is 0. The van der Waals surface area contributed by atoms with E-state index in [9.17, 15) is 14.7 Å². The number of hydrogen-bond acceptors (Lipinski definition) is 2. The Morgan fingerprint density at radius 2 is 1.80 bits per heavy atom. The Labute approximate surface area is 122 Å². The molecule has 4 heteroatoms. The number of nitrogens with one attached hydrogen (secondary N) is 1. The monoisotopic (exact) mass is 283 g/mol. The van der Waals surface area contributed by atoms with Crippen LogP contribution in [0.5, 0.6) is 0 Å². The molecule has 1 saturated carbocycles. The lowest BCUT2D eigenvalue weighted by molar-refractivity contribution is -0.150. The predicted molar refractivity (Wildman–Crippen MR) is 79.3 cm³/mol. The molecule has 0 radical (unpaired) electrons. The maximum absolute atomic E-state index is 12.1. The molecule has 3 atom stereocenters. The van der Waals surface area contributed by atoms with Gasteiger partial charge >= 0.3 is 5.97 Å². The minimum atomic E-state index is -0.721. The Balaban J connectivity index is 2.71. The Morgan fingerprint density at radius 3 is 2.25 bits per heavy atom. The molecule has 0 aromatic heterocycles. The molecule has 1 aliphatic rings. The molecule has 116 valence electrons. The molecule has 0 heterocycles. The van der Waals surface area contributed by atoms with Gasteiger partial charge in [-0.2, -0.15) is 0 Å². The van der Waals surface area contributed by atoms with Crippen LogP contribution in [0.2, 0.25) is 0 Å². The van der Waals surface area contributed by atoms with Crippen LogP contribution < -0.4 is 5.32 Å². The summed E-state index contributed by atoms with van der Waals surface area (Å²) in [5.74, 6) is -0.824. The molecule has 20 heavy (non-hydrogen) atoms. The summed E-state index contributed by atoms with van der Waals surface area (Å²) in [7, 11) is 0. The first-order valence-electron chi connectivity index (χ1n) is 7.47. The Kier molecular flexibility index (Phi) is 4.88. The zero-order chi connectivity index (χ0) is 15.7. The van der Waals surface area contributed by atoms with E-state index in [0.29, 0.717) is 12.8 Å². The fraction of sp³-hybridized carbons (Fsp3) is 0.875. The van der Waals surface area contributed by atoms with Gasteiger partial charge in [-0.05, 0) is 29.6 Å². The molecule has 3 unspecified atom stereocenters. The van der Waals surface area contributed by atoms with Gasteiger partial charge in [0.1, 0.15) is 0 Å². The average molecular weight is 283 g/mol. The van der Waals surface area contributed by atoms with Crippen molar-refractivity contribution in [1.29, 1.82) is 0 Å². The molecule has 0 aromatic carbocycles. The second-order valence-corrected chi connectivity index (χ2v) is 7.99. The SMILES string of the molecule is CC1C(NC(=O)CC(C)(C)C)CCC(C(=O)O)C1(C)C. The van der Waals surface area contributed by atoms with Crippen LogP contribution in [0.3, 0.4) is 0 Å². The van der Waals surface area contributed by atoms with Gasteiger partial charge in [0.25, 0.3) is 0 Å². The van der Waals surface area contributed by atoms with Crippen molar-refractivity contribution in [1.82, 2.24) is 5.32 Å². The molecule has 1 rings (SSSR count). The van der Waals surface area contributed by atoms with Crippen LogP contribution in [0, 0.1) is 22.7 Å². The summed E-state index contributed by atoms with van der Waals surface area (Å²) in [6.07, 6.45) is 1.88. The average Bonchev–Trinajstić information content (AvgIpc) is 2.21. The van der Waals surface area contributed by atoms with Crippen molar-refractivity contribution in [3.63, 3.8) is 0 Å². The van der Waals surface area contributed by atoms with E-state index in [1.165, 1.54) is 0 Å². The van der Waals surface area contributed by atoms with Gasteiger partial charge in [-0.3, -0.25) is 9.59 Å². The zero-order valence-electron chi connectivity index (χ0n) is 13.6. The molecule has 0 spiro atoms. The van der Waals surface area contributed by atoms with Crippen LogP contribution in [0.4, 0.5) is 0 Å². The van der Waals surface area contributed by atoms with Gasteiger partial charge in [0, 0.05) is 12.5 Å². The zero-order valence-corrected chi connectivity index (χ0v) is 13.6. The summed E-state index contributed by atoms with van der Waals surface area (Å²) in [4.78, 5) is 23.4. The molecule has 1 amide bonds. The Hall–Kier alpha value is -1.06. The molecule has 2 N–H and O–H groups in total. The minimum Gasteiger partial charge on any atom is -0.481 e. The maximum Gasteiger partial charge on any atom is 0.307 e. The second-order valence-electron chi connectivity index (χ2n) is 7.99. The highest BCUT2D eigenvalue weighted by molar-refractivity contribution is 5.77. The fourth-order valence-corrected chi connectivity index (χ4v) is 3.18. The van der Waals surface area contributed by atoms with E-state index in [-0.39, 0.29) is 34.6 Å². The molecule has 0 bridgehead atoms. The van der Waals surface area contributed by atoms with Gasteiger partial charge in [0.05, 0.1) is 5.92 Å². The van der Waals surface area contributed by atoms with Gasteiger partial charge in [0.15, 0.2) is 0 Å². The molecular weight excluding hydrogens is 254 g/mol. The normalized spacial score (nSPS) is 29.8. The lowest BCUT2D eigenvalue weighted by Crippen LogP contribution is -2.52. The first kappa shape index (κ1) is 17.0. The largest absolute Gasteiger partial charge is 0.481 e. The molecule has 0 aliphatic heterocycles. The summed E-state index contributed by atoms with van der Waals surface area (Å²) in [6.45, 7) is 12.2. The Morgan fingerprint density at radius 1 is 1.25 bits per heavy atom. The number of rotatable bonds is 3. The third kappa shape index (κ3) is 3.97. The van der Waals surface area contributed by atoms with E-state index in [4.69, 9.17) is 0 Å². The Bertz CT molecular complexity index is 382. The lowest BCUT2D eigenvalue weighted by atomic mass is 9.61. The van der Waals surface area contributed by atoms with E-state index < -0.39 is 5.97 Å². The molecule has 0 aromatic rings.